The second-order valence-electron chi connectivity index (χ2n) is 6.99. The summed E-state index contributed by atoms with van der Waals surface area (Å²) in [6.45, 7) is 2.59. The summed E-state index contributed by atoms with van der Waals surface area (Å²) in [5.41, 5.74) is 3.31. The fraction of sp³-hybridized carbons (Fsp3) is 0.273. The second kappa shape index (κ2) is 8.46. The van der Waals surface area contributed by atoms with Crippen molar-refractivity contribution in [3.05, 3.63) is 71.7 Å². The van der Waals surface area contributed by atoms with E-state index in [1.54, 1.807) is 19.2 Å². The molecule has 1 atom stereocenters. The average molecular weight is 393 g/mol. The summed E-state index contributed by atoms with van der Waals surface area (Å²) in [4.78, 5) is 15.6. The molecule has 0 saturated heterocycles. The highest BCUT2D eigenvalue weighted by Gasteiger charge is 2.21. The number of fused-ring (bicyclic) bond motifs is 1. The lowest BCUT2D eigenvalue weighted by Crippen LogP contribution is -2.35. The molecule has 7 heteroatoms. The topological polar surface area (TPSA) is 85.6 Å². The van der Waals surface area contributed by atoms with Gasteiger partial charge in [0.2, 0.25) is 0 Å². The highest BCUT2D eigenvalue weighted by molar-refractivity contribution is 5.87. The van der Waals surface area contributed by atoms with E-state index in [1.165, 1.54) is 0 Å². The Kier molecular flexibility index (Phi) is 5.59. The van der Waals surface area contributed by atoms with Gasteiger partial charge in [-0.3, -0.25) is 0 Å². The molecule has 0 spiro atoms. The zero-order valence-electron chi connectivity index (χ0n) is 16.2. The van der Waals surface area contributed by atoms with Gasteiger partial charge in [-0.05, 0) is 42.0 Å². The van der Waals surface area contributed by atoms with Crippen molar-refractivity contribution in [2.24, 2.45) is 0 Å². The molecule has 3 aromatic rings. The van der Waals surface area contributed by atoms with Crippen molar-refractivity contribution >= 4 is 5.97 Å². The SMILES string of the molecule is COc1ccc(-c2cn3c(n2)COC(CNCc2ccc(C(=O)O)cc2)C3)cc1. The number of nitrogens with zero attached hydrogens (tertiary/aromatic N) is 2. The Morgan fingerprint density at radius 2 is 2.00 bits per heavy atom. The van der Waals surface area contributed by atoms with E-state index in [2.05, 4.69) is 16.1 Å². The molecule has 4 rings (SSSR count). The Balaban J connectivity index is 1.32. The number of benzene rings is 2. The van der Waals surface area contributed by atoms with Gasteiger partial charge in [-0.15, -0.1) is 0 Å². The van der Waals surface area contributed by atoms with Crippen LogP contribution in [0.15, 0.2) is 54.7 Å². The number of aromatic carboxylic acids is 1. The normalized spacial score (nSPS) is 15.7. The molecule has 0 aliphatic carbocycles. The molecular weight excluding hydrogens is 370 g/mol. The van der Waals surface area contributed by atoms with Gasteiger partial charge >= 0.3 is 5.97 Å². The molecule has 0 bridgehead atoms. The third kappa shape index (κ3) is 4.47. The summed E-state index contributed by atoms with van der Waals surface area (Å²) in [5.74, 6) is 0.839. The van der Waals surface area contributed by atoms with Crippen molar-refractivity contribution in [1.82, 2.24) is 14.9 Å². The Bertz CT molecular complexity index is 980. The molecule has 0 amide bonds. The summed E-state index contributed by atoms with van der Waals surface area (Å²) >= 11 is 0. The lowest BCUT2D eigenvalue weighted by molar-refractivity contribution is 0.00278. The van der Waals surface area contributed by atoms with Crippen LogP contribution in [-0.2, 0) is 24.4 Å². The summed E-state index contributed by atoms with van der Waals surface area (Å²) in [6, 6.07) is 14.8. The first kappa shape index (κ1) is 19.2. The van der Waals surface area contributed by atoms with E-state index in [0.717, 1.165) is 34.9 Å². The largest absolute Gasteiger partial charge is 0.497 e. The first-order valence-corrected chi connectivity index (χ1v) is 9.47. The Hall–Kier alpha value is -3.16. The van der Waals surface area contributed by atoms with E-state index < -0.39 is 5.97 Å². The van der Waals surface area contributed by atoms with Crippen LogP contribution < -0.4 is 10.1 Å². The van der Waals surface area contributed by atoms with Crippen molar-refractivity contribution in [1.29, 1.82) is 0 Å². The van der Waals surface area contributed by atoms with Crippen LogP contribution in [0.2, 0.25) is 0 Å². The average Bonchev–Trinajstić information content (AvgIpc) is 3.17. The lowest BCUT2D eigenvalue weighted by Gasteiger charge is -2.24. The fourth-order valence-electron chi connectivity index (χ4n) is 3.36. The third-order valence-electron chi connectivity index (χ3n) is 5.00. The van der Waals surface area contributed by atoms with E-state index in [-0.39, 0.29) is 6.10 Å². The minimum Gasteiger partial charge on any atom is -0.497 e. The summed E-state index contributed by atoms with van der Waals surface area (Å²) in [5, 5.41) is 12.3. The molecule has 0 radical (unpaired) electrons. The number of ether oxygens (including phenoxy) is 2. The minimum absolute atomic E-state index is 0.0544. The molecule has 150 valence electrons. The third-order valence-corrected chi connectivity index (χ3v) is 5.00. The number of nitrogens with one attached hydrogen (secondary N) is 1. The first-order chi connectivity index (χ1) is 14.1. The molecule has 1 unspecified atom stereocenters. The predicted octanol–water partition coefficient (Wildman–Crippen LogP) is 2.95. The molecule has 1 aliphatic heterocycles. The lowest BCUT2D eigenvalue weighted by atomic mass is 10.1. The summed E-state index contributed by atoms with van der Waals surface area (Å²) in [7, 11) is 1.65. The number of hydrogen-bond donors (Lipinski definition) is 2. The fourth-order valence-corrected chi connectivity index (χ4v) is 3.36. The van der Waals surface area contributed by atoms with E-state index in [1.807, 2.05) is 36.4 Å². The van der Waals surface area contributed by atoms with Gasteiger partial charge in [0.25, 0.3) is 0 Å². The van der Waals surface area contributed by atoms with Crippen LogP contribution in [0.25, 0.3) is 11.3 Å². The van der Waals surface area contributed by atoms with Gasteiger partial charge in [0.15, 0.2) is 0 Å². The standard InChI is InChI=1S/C22H23N3O4/c1-28-18-8-6-16(7-9-18)20-13-25-12-19(29-14-21(25)24-20)11-23-10-15-2-4-17(5-3-15)22(26)27/h2-9,13,19,23H,10-12,14H2,1H3,(H,26,27). The van der Waals surface area contributed by atoms with Crippen LogP contribution in [0.1, 0.15) is 21.7 Å². The second-order valence-corrected chi connectivity index (χ2v) is 6.99. The molecule has 2 heterocycles. The molecule has 0 fully saturated rings. The summed E-state index contributed by atoms with van der Waals surface area (Å²) in [6.07, 6.45) is 2.12. The smallest absolute Gasteiger partial charge is 0.335 e. The maximum atomic E-state index is 10.9. The zero-order chi connectivity index (χ0) is 20.2. The number of methoxy groups -OCH3 is 1. The van der Waals surface area contributed by atoms with Crippen LogP contribution in [0, 0.1) is 0 Å². The number of carboxylic acid groups (broad SMARTS) is 1. The molecule has 1 aromatic heterocycles. The predicted molar refractivity (Wildman–Crippen MR) is 108 cm³/mol. The number of imidazole rings is 1. The maximum Gasteiger partial charge on any atom is 0.335 e. The molecule has 2 N–H and O–H groups in total. The molecule has 1 aliphatic rings. The van der Waals surface area contributed by atoms with E-state index >= 15 is 0 Å². The van der Waals surface area contributed by atoms with Gasteiger partial charge in [-0.1, -0.05) is 12.1 Å². The number of carboxylic acids is 1. The van der Waals surface area contributed by atoms with Crippen molar-refractivity contribution in [3.63, 3.8) is 0 Å². The summed E-state index contributed by atoms with van der Waals surface area (Å²) < 4.78 is 13.3. The van der Waals surface area contributed by atoms with Crippen LogP contribution in [0.4, 0.5) is 0 Å². The molecule has 7 nitrogen and oxygen atoms in total. The molecule has 0 saturated carbocycles. The number of hydrogen-bond acceptors (Lipinski definition) is 5. The Morgan fingerprint density at radius 1 is 1.24 bits per heavy atom. The van der Waals surface area contributed by atoms with Gasteiger partial charge in [-0.25, -0.2) is 9.78 Å². The molecular formula is C22H23N3O4. The Morgan fingerprint density at radius 3 is 2.69 bits per heavy atom. The first-order valence-electron chi connectivity index (χ1n) is 9.47. The highest BCUT2D eigenvalue weighted by Crippen LogP contribution is 2.24. The van der Waals surface area contributed by atoms with E-state index in [4.69, 9.17) is 19.6 Å². The quantitative estimate of drug-likeness (QED) is 0.642. The van der Waals surface area contributed by atoms with Crippen LogP contribution >= 0.6 is 0 Å². The number of aromatic nitrogens is 2. The maximum absolute atomic E-state index is 10.9. The van der Waals surface area contributed by atoms with E-state index in [9.17, 15) is 4.79 Å². The zero-order valence-corrected chi connectivity index (χ0v) is 16.2. The van der Waals surface area contributed by atoms with E-state index in [0.29, 0.717) is 25.3 Å². The van der Waals surface area contributed by atoms with Crippen LogP contribution in [0.3, 0.4) is 0 Å². The minimum atomic E-state index is -0.912. The highest BCUT2D eigenvalue weighted by atomic mass is 16.5. The van der Waals surface area contributed by atoms with Crippen molar-refractivity contribution < 1.29 is 19.4 Å². The van der Waals surface area contributed by atoms with Crippen LogP contribution in [-0.4, -0.2) is 40.4 Å². The van der Waals surface area contributed by atoms with Gasteiger partial charge in [0, 0.05) is 24.8 Å². The molecule has 29 heavy (non-hydrogen) atoms. The number of rotatable bonds is 7. The number of carbonyl (C=O) groups is 1. The van der Waals surface area contributed by atoms with Gasteiger partial charge in [0.05, 0.1) is 31.0 Å². The molecule has 2 aromatic carbocycles. The van der Waals surface area contributed by atoms with Crippen LogP contribution in [0.5, 0.6) is 5.75 Å². The van der Waals surface area contributed by atoms with Crippen molar-refractivity contribution in [3.8, 4) is 17.0 Å². The van der Waals surface area contributed by atoms with Gasteiger partial charge < -0.3 is 24.5 Å². The van der Waals surface area contributed by atoms with Gasteiger partial charge in [-0.2, -0.15) is 0 Å². The Labute approximate surface area is 168 Å². The van der Waals surface area contributed by atoms with Crippen molar-refractivity contribution in [2.75, 3.05) is 13.7 Å². The van der Waals surface area contributed by atoms with Crippen molar-refractivity contribution in [2.45, 2.75) is 25.8 Å². The monoisotopic (exact) mass is 393 g/mol. The van der Waals surface area contributed by atoms with Gasteiger partial charge in [0.1, 0.15) is 18.2 Å².